The van der Waals surface area contributed by atoms with Crippen LogP contribution in [0.2, 0.25) is 10.0 Å². The third-order valence-electron chi connectivity index (χ3n) is 3.33. The van der Waals surface area contributed by atoms with Crippen LogP contribution in [0.15, 0.2) is 47.3 Å². The van der Waals surface area contributed by atoms with Gasteiger partial charge in [0.2, 0.25) is 5.43 Å². The van der Waals surface area contributed by atoms with Crippen molar-refractivity contribution in [2.45, 2.75) is 0 Å². The molecule has 0 fully saturated rings. The van der Waals surface area contributed by atoms with E-state index in [1.165, 1.54) is 10.7 Å². The molecule has 23 heavy (non-hydrogen) atoms. The van der Waals surface area contributed by atoms with E-state index in [-0.39, 0.29) is 5.69 Å². The molecule has 0 saturated heterocycles. The summed E-state index contributed by atoms with van der Waals surface area (Å²) in [7, 11) is 1.66. The lowest BCUT2D eigenvalue weighted by molar-refractivity contribution is 0.101. The quantitative estimate of drug-likeness (QED) is 0.771. The van der Waals surface area contributed by atoms with Crippen molar-refractivity contribution >= 4 is 45.7 Å². The number of fused-ring (bicyclic) bond motifs is 1. The van der Waals surface area contributed by atoms with Crippen LogP contribution in [0.4, 0.5) is 5.69 Å². The summed E-state index contributed by atoms with van der Waals surface area (Å²) in [5.74, 6) is -0.588. The number of amides is 1. The van der Waals surface area contributed by atoms with E-state index < -0.39 is 11.3 Å². The number of hydrogen-bond acceptors (Lipinski definition) is 3. The van der Waals surface area contributed by atoms with Crippen LogP contribution in [-0.2, 0) is 7.05 Å². The Morgan fingerprint density at radius 3 is 2.43 bits per heavy atom. The highest BCUT2D eigenvalue weighted by Gasteiger charge is 2.17. The molecule has 0 unspecified atom stereocenters. The highest BCUT2D eigenvalue weighted by atomic mass is 35.5. The Hall–Kier alpha value is -2.37. The van der Waals surface area contributed by atoms with Gasteiger partial charge in [-0.2, -0.15) is 5.10 Å². The second-order valence-corrected chi connectivity index (χ2v) is 5.80. The topological polar surface area (TPSA) is 64.0 Å². The van der Waals surface area contributed by atoms with Gasteiger partial charge in [0, 0.05) is 22.8 Å². The number of nitrogens with zero attached hydrogens (tertiary/aromatic N) is 2. The molecule has 1 aromatic heterocycles. The van der Waals surface area contributed by atoms with Crippen LogP contribution in [-0.4, -0.2) is 15.7 Å². The Bertz CT molecular complexity index is 965. The van der Waals surface area contributed by atoms with E-state index in [4.69, 9.17) is 23.2 Å². The van der Waals surface area contributed by atoms with Gasteiger partial charge in [0.25, 0.3) is 5.91 Å². The fourth-order valence-electron chi connectivity index (χ4n) is 2.22. The average molecular weight is 348 g/mol. The number of benzene rings is 2. The number of aryl methyl sites for hydroxylation is 1. The summed E-state index contributed by atoms with van der Waals surface area (Å²) in [5.41, 5.74) is 0.459. The molecule has 0 aliphatic carbocycles. The molecule has 1 N–H and O–H groups in total. The van der Waals surface area contributed by atoms with Gasteiger partial charge in [-0.1, -0.05) is 23.2 Å². The maximum atomic E-state index is 12.5. The fraction of sp³-hybridized carbons (Fsp3) is 0.0625. The molecular formula is C16H11Cl2N3O2. The molecule has 116 valence electrons. The van der Waals surface area contributed by atoms with Crippen molar-refractivity contribution in [2.75, 3.05) is 5.32 Å². The van der Waals surface area contributed by atoms with E-state index in [0.29, 0.717) is 26.6 Å². The zero-order chi connectivity index (χ0) is 16.6. The van der Waals surface area contributed by atoms with Crippen LogP contribution in [0.3, 0.4) is 0 Å². The van der Waals surface area contributed by atoms with Crippen molar-refractivity contribution < 1.29 is 4.79 Å². The summed E-state index contributed by atoms with van der Waals surface area (Å²) in [6.07, 6.45) is 0. The van der Waals surface area contributed by atoms with E-state index in [0.717, 1.165) is 0 Å². The minimum Gasteiger partial charge on any atom is -0.320 e. The van der Waals surface area contributed by atoms with Gasteiger partial charge in [0.15, 0.2) is 5.69 Å². The Labute approximate surface area is 141 Å². The lowest BCUT2D eigenvalue weighted by atomic mass is 10.2. The molecule has 0 atom stereocenters. The summed E-state index contributed by atoms with van der Waals surface area (Å²) >= 11 is 11.7. The zero-order valence-electron chi connectivity index (χ0n) is 12.0. The third-order valence-corrected chi connectivity index (χ3v) is 3.82. The van der Waals surface area contributed by atoms with E-state index in [2.05, 4.69) is 10.4 Å². The van der Waals surface area contributed by atoms with Gasteiger partial charge in [-0.3, -0.25) is 14.3 Å². The predicted molar refractivity (Wildman–Crippen MR) is 91.4 cm³/mol. The number of nitrogens with one attached hydrogen (secondary N) is 1. The van der Waals surface area contributed by atoms with Crippen molar-refractivity contribution in [1.29, 1.82) is 0 Å². The predicted octanol–water partition coefficient (Wildman–Crippen LogP) is 3.49. The van der Waals surface area contributed by atoms with Gasteiger partial charge in [0.05, 0.1) is 10.9 Å². The van der Waals surface area contributed by atoms with E-state index in [1.54, 1.807) is 43.4 Å². The van der Waals surface area contributed by atoms with Gasteiger partial charge in [-0.25, -0.2) is 0 Å². The Kier molecular flexibility index (Phi) is 4.07. The monoisotopic (exact) mass is 347 g/mol. The maximum absolute atomic E-state index is 12.5. The maximum Gasteiger partial charge on any atom is 0.280 e. The van der Waals surface area contributed by atoms with Crippen molar-refractivity contribution in [3.63, 3.8) is 0 Å². The normalized spacial score (nSPS) is 10.7. The first-order valence-corrected chi connectivity index (χ1v) is 7.45. The summed E-state index contributed by atoms with van der Waals surface area (Å²) < 4.78 is 1.48. The standard InChI is InChI=1S/C16H11Cl2N3O2/c1-21-13-7-4-10(18)8-12(13)15(22)14(20-21)16(23)19-11-5-2-9(17)3-6-11/h2-8H,1H3,(H,19,23). The van der Waals surface area contributed by atoms with Crippen molar-refractivity contribution in [3.05, 3.63) is 68.4 Å². The number of halogens is 2. The molecule has 3 rings (SSSR count). The zero-order valence-corrected chi connectivity index (χ0v) is 13.5. The number of carbonyl (C=O) groups excluding carboxylic acids is 1. The average Bonchev–Trinajstić information content (AvgIpc) is 2.53. The molecule has 0 aliphatic heterocycles. The highest BCUT2D eigenvalue weighted by molar-refractivity contribution is 6.31. The lowest BCUT2D eigenvalue weighted by Crippen LogP contribution is -2.26. The molecule has 7 heteroatoms. The molecule has 0 radical (unpaired) electrons. The molecule has 1 amide bonds. The van der Waals surface area contributed by atoms with Crippen LogP contribution >= 0.6 is 23.2 Å². The van der Waals surface area contributed by atoms with Gasteiger partial charge in [-0.15, -0.1) is 0 Å². The van der Waals surface area contributed by atoms with Gasteiger partial charge in [0.1, 0.15) is 0 Å². The molecular weight excluding hydrogens is 337 g/mol. The molecule has 0 saturated carbocycles. The van der Waals surface area contributed by atoms with Crippen molar-refractivity contribution in [2.24, 2.45) is 7.05 Å². The van der Waals surface area contributed by atoms with Crippen LogP contribution < -0.4 is 10.7 Å². The second-order valence-electron chi connectivity index (χ2n) is 4.92. The first kappa shape index (κ1) is 15.5. The first-order valence-electron chi connectivity index (χ1n) is 6.69. The molecule has 0 spiro atoms. The third kappa shape index (κ3) is 3.06. The van der Waals surface area contributed by atoms with Crippen LogP contribution in [0.5, 0.6) is 0 Å². The Morgan fingerprint density at radius 1 is 1.09 bits per heavy atom. The Balaban J connectivity index is 2.05. The number of carbonyl (C=O) groups is 1. The summed E-state index contributed by atoms with van der Waals surface area (Å²) in [4.78, 5) is 24.9. The summed E-state index contributed by atoms with van der Waals surface area (Å²) in [6.45, 7) is 0. The first-order chi connectivity index (χ1) is 11.0. The van der Waals surface area contributed by atoms with Gasteiger partial charge in [-0.05, 0) is 42.5 Å². The van der Waals surface area contributed by atoms with Crippen molar-refractivity contribution in [3.8, 4) is 0 Å². The number of aromatic nitrogens is 2. The smallest absolute Gasteiger partial charge is 0.280 e. The molecule has 1 heterocycles. The molecule has 2 aromatic carbocycles. The summed E-state index contributed by atoms with van der Waals surface area (Å²) in [5, 5.41) is 8.01. The summed E-state index contributed by atoms with van der Waals surface area (Å²) in [6, 6.07) is 11.4. The Morgan fingerprint density at radius 2 is 1.74 bits per heavy atom. The molecule has 0 aliphatic rings. The minimum absolute atomic E-state index is 0.197. The van der Waals surface area contributed by atoms with Crippen LogP contribution in [0, 0.1) is 0 Å². The van der Waals surface area contributed by atoms with E-state index in [1.807, 2.05) is 0 Å². The number of rotatable bonds is 2. The van der Waals surface area contributed by atoms with Gasteiger partial charge >= 0.3 is 0 Å². The number of anilines is 1. The van der Waals surface area contributed by atoms with Crippen LogP contribution in [0.1, 0.15) is 10.5 Å². The lowest BCUT2D eigenvalue weighted by Gasteiger charge is -2.09. The fourth-order valence-corrected chi connectivity index (χ4v) is 2.52. The molecule has 3 aromatic rings. The number of hydrogen-bond donors (Lipinski definition) is 1. The molecule has 5 nitrogen and oxygen atoms in total. The highest BCUT2D eigenvalue weighted by Crippen LogP contribution is 2.17. The van der Waals surface area contributed by atoms with Gasteiger partial charge < -0.3 is 5.32 Å². The SMILES string of the molecule is Cn1nc(C(=O)Nc2ccc(Cl)cc2)c(=O)c2cc(Cl)ccc21. The van der Waals surface area contributed by atoms with E-state index >= 15 is 0 Å². The molecule has 0 bridgehead atoms. The van der Waals surface area contributed by atoms with Crippen molar-refractivity contribution in [1.82, 2.24) is 9.78 Å². The largest absolute Gasteiger partial charge is 0.320 e. The second kappa shape index (κ2) is 6.02. The minimum atomic E-state index is -0.588. The van der Waals surface area contributed by atoms with E-state index in [9.17, 15) is 9.59 Å². The van der Waals surface area contributed by atoms with Crippen LogP contribution in [0.25, 0.3) is 10.9 Å².